The third-order valence-corrected chi connectivity index (χ3v) is 2.87. The van der Waals surface area contributed by atoms with E-state index < -0.39 is 0 Å². The van der Waals surface area contributed by atoms with Crippen LogP contribution in [0.4, 0.5) is 5.95 Å². The van der Waals surface area contributed by atoms with E-state index in [9.17, 15) is 0 Å². The lowest BCUT2D eigenvalue weighted by atomic mass is 10.2. The summed E-state index contributed by atoms with van der Waals surface area (Å²) in [6.45, 7) is 2.09. The highest BCUT2D eigenvalue weighted by Gasteiger charge is 2.09. The molecule has 1 aromatic carbocycles. The molecule has 5 heteroatoms. The van der Waals surface area contributed by atoms with Gasteiger partial charge in [0.1, 0.15) is 0 Å². The molecular weight excluding hydrogens is 262 g/mol. The zero-order valence-electron chi connectivity index (χ0n) is 10.8. The van der Waals surface area contributed by atoms with E-state index in [0.29, 0.717) is 17.6 Å². The van der Waals surface area contributed by atoms with Gasteiger partial charge in [0.25, 0.3) is 0 Å². The topological polar surface area (TPSA) is 38.2 Å². The number of anilines is 1. The van der Waals surface area contributed by atoms with Crippen LogP contribution in [-0.2, 0) is 11.3 Å². The molecule has 0 N–H and O–H groups in total. The molecule has 1 heterocycles. The predicted molar refractivity (Wildman–Crippen MR) is 76.4 cm³/mol. The zero-order chi connectivity index (χ0) is 13.5. The van der Waals surface area contributed by atoms with E-state index >= 15 is 0 Å². The Bertz CT molecular complexity index is 490. The summed E-state index contributed by atoms with van der Waals surface area (Å²) in [5.41, 5.74) is 1.21. The lowest BCUT2D eigenvalue weighted by Gasteiger charge is -2.22. The van der Waals surface area contributed by atoms with E-state index in [2.05, 4.69) is 27.0 Å². The number of benzene rings is 1. The van der Waals surface area contributed by atoms with E-state index in [0.717, 1.165) is 13.1 Å². The van der Waals surface area contributed by atoms with Crippen molar-refractivity contribution in [3.05, 3.63) is 53.3 Å². The molecule has 0 aliphatic heterocycles. The molecule has 0 unspecified atom stereocenters. The van der Waals surface area contributed by atoms with Gasteiger partial charge in [0.05, 0.1) is 24.0 Å². The molecule has 100 valence electrons. The summed E-state index contributed by atoms with van der Waals surface area (Å²) in [7, 11) is 1.68. The van der Waals surface area contributed by atoms with E-state index in [1.54, 1.807) is 19.5 Å². The number of halogens is 1. The number of rotatable bonds is 6. The van der Waals surface area contributed by atoms with Crippen molar-refractivity contribution in [1.82, 2.24) is 9.97 Å². The average Bonchev–Trinajstić information content (AvgIpc) is 2.45. The number of aromatic nitrogens is 2. The van der Waals surface area contributed by atoms with E-state index in [4.69, 9.17) is 16.3 Å². The van der Waals surface area contributed by atoms with Gasteiger partial charge in [-0.1, -0.05) is 41.9 Å². The van der Waals surface area contributed by atoms with Crippen LogP contribution in [0.25, 0.3) is 0 Å². The Kier molecular flexibility index (Phi) is 5.12. The summed E-state index contributed by atoms with van der Waals surface area (Å²) in [5, 5.41) is 0.537. The summed E-state index contributed by atoms with van der Waals surface area (Å²) >= 11 is 5.81. The van der Waals surface area contributed by atoms with Gasteiger partial charge in [-0.3, -0.25) is 0 Å². The number of ether oxygens (including phenoxy) is 1. The largest absolute Gasteiger partial charge is 0.383 e. The maximum atomic E-state index is 5.81. The molecule has 0 aliphatic rings. The summed E-state index contributed by atoms with van der Waals surface area (Å²) < 4.78 is 5.13. The molecule has 0 fully saturated rings. The Balaban J connectivity index is 2.13. The van der Waals surface area contributed by atoms with Gasteiger partial charge in [-0.15, -0.1) is 0 Å². The van der Waals surface area contributed by atoms with Crippen molar-refractivity contribution in [2.75, 3.05) is 25.2 Å². The van der Waals surface area contributed by atoms with Crippen LogP contribution >= 0.6 is 11.6 Å². The molecule has 2 rings (SSSR count). The minimum Gasteiger partial charge on any atom is -0.383 e. The first kappa shape index (κ1) is 13.8. The quantitative estimate of drug-likeness (QED) is 0.814. The van der Waals surface area contributed by atoms with Crippen LogP contribution in [0.1, 0.15) is 5.56 Å². The molecule has 1 aromatic heterocycles. The van der Waals surface area contributed by atoms with Crippen molar-refractivity contribution in [3.63, 3.8) is 0 Å². The van der Waals surface area contributed by atoms with Gasteiger partial charge in [-0.25, -0.2) is 9.97 Å². The first-order chi connectivity index (χ1) is 9.29. The van der Waals surface area contributed by atoms with E-state index in [-0.39, 0.29) is 0 Å². The smallest absolute Gasteiger partial charge is 0.225 e. The Morgan fingerprint density at radius 3 is 2.47 bits per heavy atom. The average molecular weight is 278 g/mol. The van der Waals surface area contributed by atoms with Crippen molar-refractivity contribution in [1.29, 1.82) is 0 Å². The Morgan fingerprint density at radius 2 is 1.84 bits per heavy atom. The van der Waals surface area contributed by atoms with Crippen molar-refractivity contribution >= 4 is 17.5 Å². The lowest BCUT2D eigenvalue weighted by Crippen LogP contribution is -2.28. The van der Waals surface area contributed by atoms with Crippen LogP contribution in [0.2, 0.25) is 5.02 Å². The number of hydrogen-bond donors (Lipinski definition) is 0. The fourth-order valence-electron chi connectivity index (χ4n) is 1.72. The molecule has 19 heavy (non-hydrogen) atoms. The standard InChI is InChI=1S/C14H16ClN3O/c1-19-8-7-18(11-12-5-3-2-4-6-12)14-16-9-13(15)10-17-14/h2-6,9-10H,7-8,11H2,1H3. The summed E-state index contributed by atoms with van der Waals surface area (Å²) in [4.78, 5) is 10.6. The third-order valence-electron chi connectivity index (χ3n) is 2.67. The van der Waals surface area contributed by atoms with Gasteiger partial charge in [-0.2, -0.15) is 0 Å². The highest BCUT2D eigenvalue weighted by Crippen LogP contribution is 2.13. The third kappa shape index (κ3) is 4.19. The fourth-order valence-corrected chi connectivity index (χ4v) is 1.82. The fraction of sp³-hybridized carbons (Fsp3) is 0.286. The Hall–Kier alpha value is -1.65. The molecular formula is C14H16ClN3O. The van der Waals surface area contributed by atoms with Crippen molar-refractivity contribution in [2.24, 2.45) is 0 Å². The molecule has 0 radical (unpaired) electrons. The number of hydrogen-bond acceptors (Lipinski definition) is 4. The molecule has 0 bridgehead atoms. The van der Waals surface area contributed by atoms with Gasteiger partial charge in [0.15, 0.2) is 0 Å². The highest BCUT2D eigenvalue weighted by atomic mass is 35.5. The van der Waals surface area contributed by atoms with Crippen molar-refractivity contribution in [2.45, 2.75) is 6.54 Å². The van der Waals surface area contributed by atoms with E-state index in [1.165, 1.54) is 5.56 Å². The molecule has 0 atom stereocenters. The van der Waals surface area contributed by atoms with Crippen LogP contribution in [0.5, 0.6) is 0 Å². The summed E-state index contributed by atoms with van der Waals surface area (Å²) in [6.07, 6.45) is 3.21. The molecule has 0 aliphatic carbocycles. The Labute approximate surface area is 118 Å². The number of nitrogens with zero attached hydrogens (tertiary/aromatic N) is 3. The van der Waals surface area contributed by atoms with Crippen LogP contribution in [0, 0.1) is 0 Å². The van der Waals surface area contributed by atoms with Crippen molar-refractivity contribution < 1.29 is 4.74 Å². The van der Waals surface area contributed by atoms with Crippen LogP contribution in [0.15, 0.2) is 42.7 Å². The summed E-state index contributed by atoms with van der Waals surface area (Å²) in [5.74, 6) is 0.658. The summed E-state index contributed by atoms with van der Waals surface area (Å²) in [6, 6.07) is 10.2. The first-order valence-electron chi connectivity index (χ1n) is 6.05. The molecule has 0 saturated heterocycles. The van der Waals surface area contributed by atoms with Crippen LogP contribution in [-0.4, -0.2) is 30.2 Å². The second-order valence-corrected chi connectivity index (χ2v) is 4.54. The highest BCUT2D eigenvalue weighted by molar-refractivity contribution is 6.30. The second-order valence-electron chi connectivity index (χ2n) is 4.10. The van der Waals surface area contributed by atoms with Gasteiger partial charge < -0.3 is 9.64 Å². The normalized spacial score (nSPS) is 10.4. The SMILES string of the molecule is COCCN(Cc1ccccc1)c1ncc(Cl)cn1. The van der Waals surface area contributed by atoms with Crippen LogP contribution < -0.4 is 4.90 Å². The monoisotopic (exact) mass is 277 g/mol. The Morgan fingerprint density at radius 1 is 1.16 bits per heavy atom. The van der Waals surface area contributed by atoms with E-state index in [1.807, 2.05) is 18.2 Å². The minimum atomic E-state index is 0.537. The molecule has 4 nitrogen and oxygen atoms in total. The van der Waals surface area contributed by atoms with Gasteiger partial charge >= 0.3 is 0 Å². The second kappa shape index (κ2) is 7.07. The maximum Gasteiger partial charge on any atom is 0.225 e. The van der Waals surface area contributed by atoms with Gasteiger partial charge in [-0.05, 0) is 5.56 Å². The first-order valence-corrected chi connectivity index (χ1v) is 6.43. The molecule has 0 amide bonds. The lowest BCUT2D eigenvalue weighted by molar-refractivity contribution is 0.204. The molecule has 2 aromatic rings. The minimum absolute atomic E-state index is 0.537. The number of methoxy groups -OCH3 is 1. The maximum absolute atomic E-state index is 5.81. The van der Waals surface area contributed by atoms with Gasteiger partial charge in [0, 0.05) is 20.2 Å². The predicted octanol–water partition coefficient (Wildman–Crippen LogP) is 2.78. The van der Waals surface area contributed by atoms with Crippen molar-refractivity contribution in [3.8, 4) is 0 Å². The molecule has 0 spiro atoms. The zero-order valence-corrected chi connectivity index (χ0v) is 11.5. The molecule has 0 saturated carbocycles. The van der Waals surface area contributed by atoms with Crippen LogP contribution in [0.3, 0.4) is 0 Å². The van der Waals surface area contributed by atoms with Gasteiger partial charge in [0.2, 0.25) is 5.95 Å².